The Hall–Kier alpha value is -1.57. The van der Waals surface area contributed by atoms with E-state index in [-0.39, 0.29) is 6.10 Å². The van der Waals surface area contributed by atoms with Gasteiger partial charge in [0.05, 0.1) is 0 Å². The van der Waals surface area contributed by atoms with Gasteiger partial charge in [0, 0.05) is 11.1 Å². The van der Waals surface area contributed by atoms with Crippen LogP contribution in [0.3, 0.4) is 0 Å². The smallest absolute Gasteiger partial charge is 0.149 e. The van der Waals surface area contributed by atoms with Crippen LogP contribution in [0.15, 0.2) is 29.8 Å². The van der Waals surface area contributed by atoms with Crippen molar-refractivity contribution in [2.45, 2.75) is 25.9 Å². The molecule has 0 saturated heterocycles. The molecule has 0 saturated carbocycles. The Balaban J connectivity index is 2.35. The molecule has 1 aliphatic heterocycles. The fraction of sp³-hybridized carbons (Fsp3) is 0.308. The Morgan fingerprint density at radius 1 is 1.40 bits per heavy atom. The second-order valence-electron chi connectivity index (χ2n) is 3.70. The summed E-state index contributed by atoms with van der Waals surface area (Å²) in [6.07, 6.45) is 4.65. The molecule has 0 spiro atoms. The zero-order valence-electron chi connectivity index (χ0n) is 8.77. The summed E-state index contributed by atoms with van der Waals surface area (Å²) < 4.78 is 5.78. The van der Waals surface area contributed by atoms with Gasteiger partial charge in [-0.05, 0) is 18.6 Å². The lowest BCUT2D eigenvalue weighted by atomic mass is 10.00. The Morgan fingerprint density at radius 2 is 2.20 bits per heavy atom. The number of carbonyl (C=O) groups is 1. The molecule has 0 bridgehead atoms. The third-order valence-electron chi connectivity index (χ3n) is 2.57. The number of fused-ring (bicyclic) bond motifs is 1. The van der Waals surface area contributed by atoms with Crippen molar-refractivity contribution in [3.05, 3.63) is 35.4 Å². The van der Waals surface area contributed by atoms with Crippen molar-refractivity contribution in [2.24, 2.45) is 0 Å². The molecular weight excluding hydrogens is 188 g/mol. The maximum absolute atomic E-state index is 10.9. The number of para-hydroxylation sites is 1. The van der Waals surface area contributed by atoms with Gasteiger partial charge in [-0.25, -0.2) is 0 Å². The Labute approximate surface area is 89.6 Å². The van der Waals surface area contributed by atoms with Crippen LogP contribution >= 0.6 is 0 Å². The number of rotatable bonds is 3. The normalized spacial score (nSPS) is 18.7. The largest absolute Gasteiger partial charge is 0.485 e. The van der Waals surface area contributed by atoms with Gasteiger partial charge in [-0.2, -0.15) is 0 Å². The molecule has 2 rings (SSSR count). The van der Waals surface area contributed by atoms with E-state index in [0.29, 0.717) is 0 Å². The average molecular weight is 202 g/mol. The Kier molecular flexibility index (Phi) is 2.86. The predicted octanol–water partition coefficient (Wildman–Crippen LogP) is 2.83. The number of aldehydes is 1. The first-order valence-electron chi connectivity index (χ1n) is 5.27. The highest BCUT2D eigenvalue weighted by Gasteiger charge is 2.20. The van der Waals surface area contributed by atoms with Gasteiger partial charge in [-0.3, -0.25) is 4.79 Å². The number of hydrogen-bond donors (Lipinski definition) is 0. The van der Waals surface area contributed by atoms with E-state index in [1.54, 1.807) is 0 Å². The van der Waals surface area contributed by atoms with Crippen molar-refractivity contribution in [3.63, 3.8) is 0 Å². The van der Waals surface area contributed by atoms with Crippen molar-refractivity contribution >= 4 is 12.4 Å². The van der Waals surface area contributed by atoms with Crippen molar-refractivity contribution in [1.82, 2.24) is 0 Å². The number of benzene rings is 1. The number of carbonyl (C=O) groups excluding carboxylic acids is 1. The molecule has 0 aliphatic carbocycles. The van der Waals surface area contributed by atoms with E-state index in [1.807, 2.05) is 30.3 Å². The summed E-state index contributed by atoms with van der Waals surface area (Å²) in [7, 11) is 0. The highest BCUT2D eigenvalue weighted by atomic mass is 16.5. The first-order valence-corrected chi connectivity index (χ1v) is 5.27. The fourth-order valence-electron chi connectivity index (χ4n) is 1.80. The lowest BCUT2D eigenvalue weighted by Crippen LogP contribution is -2.23. The Bertz CT molecular complexity index is 393. The lowest BCUT2D eigenvalue weighted by molar-refractivity contribution is -0.105. The van der Waals surface area contributed by atoms with E-state index < -0.39 is 0 Å². The number of hydrogen-bond acceptors (Lipinski definition) is 2. The summed E-state index contributed by atoms with van der Waals surface area (Å²) >= 11 is 0. The van der Waals surface area contributed by atoms with Crippen molar-refractivity contribution in [3.8, 4) is 5.75 Å². The van der Waals surface area contributed by atoms with Crippen LogP contribution in [0, 0.1) is 0 Å². The molecule has 0 amide bonds. The standard InChI is InChI=1S/C13H14O2/c1-2-5-12-11(9-14)8-10-6-3-4-7-13(10)15-12/h3-4,6-9,12H,2,5H2,1H3. The second kappa shape index (κ2) is 4.30. The maximum atomic E-state index is 10.9. The van der Waals surface area contributed by atoms with Gasteiger partial charge >= 0.3 is 0 Å². The minimum atomic E-state index is -0.0672. The van der Waals surface area contributed by atoms with Gasteiger partial charge in [-0.15, -0.1) is 0 Å². The third kappa shape index (κ3) is 1.94. The van der Waals surface area contributed by atoms with E-state index >= 15 is 0 Å². The van der Waals surface area contributed by atoms with Crippen LogP contribution in [0.1, 0.15) is 25.3 Å². The van der Waals surface area contributed by atoms with Gasteiger partial charge in [0.15, 0.2) is 0 Å². The summed E-state index contributed by atoms with van der Waals surface area (Å²) in [5.41, 5.74) is 1.74. The third-order valence-corrected chi connectivity index (χ3v) is 2.57. The van der Waals surface area contributed by atoms with Crippen molar-refractivity contribution < 1.29 is 9.53 Å². The molecule has 78 valence electrons. The predicted molar refractivity (Wildman–Crippen MR) is 59.8 cm³/mol. The van der Waals surface area contributed by atoms with Crippen LogP contribution in [0.2, 0.25) is 0 Å². The summed E-state index contributed by atoms with van der Waals surface area (Å²) in [4.78, 5) is 10.9. The Morgan fingerprint density at radius 3 is 2.93 bits per heavy atom. The highest BCUT2D eigenvalue weighted by molar-refractivity contribution is 5.85. The van der Waals surface area contributed by atoms with Gasteiger partial charge in [0.1, 0.15) is 18.1 Å². The first-order chi connectivity index (χ1) is 7.35. The van der Waals surface area contributed by atoms with Crippen molar-refractivity contribution in [1.29, 1.82) is 0 Å². The van der Waals surface area contributed by atoms with Crippen LogP contribution in [-0.2, 0) is 4.79 Å². The van der Waals surface area contributed by atoms with Crippen LogP contribution in [0.5, 0.6) is 5.75 Å². The van der Waals surface area contributed by atoms with Gasteiger partial charge in [-0.1, -0.05) is 31.5 Å². The van der Waals surface area contributed by atoms with Gasteiger partial charge in [0.25, 0.3) is 0 Å². The molecule has 1 atom stereocenters. The molecule has 2 heteroatoms. The van der Waals surface area contributed by atoms with Crippen LogP contribution in [0.25, 0.3) is 6.08 Å². The van der Waals surface area contributed by atoms with E-state index in [2.05, 4.69) is 6.92 Å². The van der Waals surface area contributed by atoms with E-state index in [4.69, 9.17) is 4.74 Å². The maximum Gasteiger partial charge on any atom is 0.149 e. The van der Waals surface area contributed by atoms with Crippen LogP contribution in [0.4, 0.5) is 0 Å². The number of ether oxygens (including phenoxy) is 1. The summed E-state index contributed by atoms with van der Waals surface area (Å²) in [6, 6.07) is 7.79. The molecule has 0 N–H and O–H groups in total. The first kappa shape index (κ1) is 9.97. The van der Waals surface area contributed by atoms with Gasteiger partial charge in [0.2, 0.25) is 0 Å². The molecule has 2 nitrogen and oxygen atoms in total. The topological polar surface area (TPSA) is 26.3 Å². The molecule has 0 aromatic heterocycles. The zero-order valence-corrected chi connectivity index (χ0v) is 8.77. The summed E-state index contributed by atoms with van der Waals surface area (Å²) in [5.74, 6) is 0.876. The summed E-state index contributed by atoms with van der Waals surface area (Å²) in [6.45, 7) is 2.09. The fourth-order valence-corrected chi connectivity index (χ4v) is 1.80. The molecular formula is C13H14O2. The molecule has 0 fully saturated rings. The minimum Gasteiger partial charge on any atom is -0.485 e. The molecule has 1 aromatic carbocycles. The molecule has 0 radical (unpaired) electrons. The zero-order chi connectivity index (χ0) is 10.7. The van der Waals surface area contributed by atoms with E-state index in [1.165, 1.54) is 0 Å². The molecule has 1 aliphatic rings. The van der Waals surface area contributed by atoms with Crippen molar-refractivity contribution in [2.75, 3.05) is 0 Å². The van der Waals surface area contributed by atoms with E-state index in [0.717, 1.165) is 36.0 Å². The van der Waals surface area contributed by atoms with Crippen LogP contribution in [-0.4, -0.2) is 12.4 Å². The molecule has 1 unspecified atom stereocenters. The SMILES string of the molecule is CCCC1Oc2ccccc2C=C1C=O. The molecule has 1 aromatic rings. The summed E-state index contributed by atoms with van der Waals surface area (Å²) in [5, 5.41) is 0. The monoisotopic (exact) mass is 202 g/mol. The molecule has 15 heavy (non-hydrogen) atoms. The minimum absolute atomic E-state index is 0.0672. The lowest BCUT2D eigenvalue weighted by Gasteiger charge is -2.24. The van der Waals surface area contributed by atoms with E-state index in [9.17, 15) is 4.79 Å². The molecule has 1 heterocycles. The van der Waals surface area contributed by atoms with Crippen LogP contribution < -0.4 is 4.74 Å². The average Bonchev–Trinajstić information content (AvgIpc) is 2.28. The quantitative estimate of drug-likeness (QED) is 0.704. The highest BCUT2D eigenvalue weighted by Crippen LogP contribution is 2.30. The second-order valence-corrected chi connectivity index (χ2v) is 3.70. The van der Waals surface area contributed by atoms with Gasteiger partial charge < -0.3 is 4.74 Å².